The third kappa shape index (κ3) is 3.56. The van der Waals surface area contributed by atoms with Crippen LogP contribution in [0, 0.1) is 0 Å². The first-order chi connectivity index (χ1) is 9.06. The summed E-state index contributed by atoms with van der Waals surface area (Å²) in [4.78, 5) is 22.1. The van der Waals surface area contributed by atoms with Crippen molar-refractivity contribution in [2.24, 2.45) is 0 Å². The second-order valence-electron chi connectivity index (χ2n) is 4.87. The number of hydrogen-bond acceptors (Lipinski definition) is 4. The highest BCUT2D eigenvalue weighted by molar-refractivity contribution is 5.71. The molecule has 2 rings (SSSR count). The van der Waals surface area contributed by atoms with Crippen LogP contribution < -0.4 is 9.47 Å². The van der Waals surface area contributed by atoms with Crippen LogP contribution in [0.3, 0.4) is 0 Å². The predicted octanol–water partition coefficient (Wildman–Crippen LogP) is 3.19. The van der Waals surface area contributed by atoms with Crippen LogP contribution in [-0.2, 0) is 9.59 Å². The number of carbonyl (C=O) groups is 2. The van der Waals surface area contributed by atoms with Gasteiger partial charge in [-0.2, -0.15) is 0 Å². The van der Waals surface area contributed by atoms with Crippen LogP contribution in [0.5, 0.6) is 11.5 Å². The summed E-state index contributed by atoms with van der Waals surface area (Å²) in [5, 5.41) is 0. The maximum atomic E-state index is 11.1. The molecular weight excluding hydrogens is 244 g/mol. The Bertz CT molecular complexity index is 487. The Balaban J connectivity index is 2.31. The van der Waals surface area contributed by atoms with E-state index in [1.807, 2.05) is 6.07 Å². The van der Waals surface area contributed by atoms with Crippen molar-refractivity contribution in [2.45, 2.75) is 45.4 Å². The topological polar surface area (TPSA) is 52.6 Å². The van der Waals surface area contributed by atoms with Gasteiger partial charge in [-0.3, -0.25) is 9.59 Å². The van der Waals surface area contributed by atoms with Gasteiger partial charge in [-0.15, -0.1) is 0 Å². The number of carbonyl (C=O) groups excluding carboxylic acids is 2. The van der Waals surface area contributed by atoms with E-state index < -0.39 is 0 Å². The van der Waals surface area contributed by atoms with Gasteiger partial charge in [0, 0.05) is 19.4 Å². The lowest BCUT2D eigenvalue weighted by molar-refractivity contribution is -0.133. The van der Waals surface area contributed by atoms with Gasteiger partial charge in [-0.1, -0.05) is 12.8 Å². The Hall–Kier alpha value is -1.84. The van der Waals surface area contributed by atoms with Gasteiger partial charge >= 0.3 is 11.9 Å². The second kappa shape index (κ2) is 5.87. The molecule has 1 aromatic carbocycles. The van der Waals surface area contributed by atoms with Crippen LogP contribution in [0.2, 0.25) is 0 Å². The molecule has 0 aromatic heterocycles. The summed E-state index contributed by atoms with van der Waals surface area (Å²) < 4.78 is 10.3. The molecule has 1 fully saturated rings. The molecule has 0 saturated heterocycles. The Morgan fingerprint density at radius 3 is 2.26 bits per heavy atom. The third-order valence-corrected chi connectivity index (χ3v) is 3.29. The first-order valence-corrected chi connectivity index (χ1v) is 6.57. The summed E-state index contributed by atoms with van der Waals surface area (Å²) in [5.41, 5.74) is 0.964. The summed E-state index contributed by atoms with van der Waals surface area (Å²) >= 11 is 0. The van der Waals surface area contributed by atoms with E-state index in [-0.39, 0.29) is 11.9 Å². The van der Waals surface area contributed by atoms with Crippen molar-refractivity contribution in [3.8, 4) is 11.5 Å². The van der Waals surface area contributed by atoms with Crippen molar-refractivity contribution in [3.63, 3.8) is 0 Å². The maximum absolute atomic E-state index is 11.1. The smallest absolute Gasteiger partial charge is 0.308 e. The molecule has 0 radical (unpaired) electrons. The van der Waals surface area contributed by atoms with Crippen LogP contribution in [0.15, 0.2) is 18.2 Å². The highest BCUT2D eigenvalue weighted by Crippen LogP contribution is 2.40. The maximum Gasteiger partial charge on any atom is 0.308 e. The van der Waals surface area contributed by atoms with E-state index in [0.29, 0.717) is 17.4 Å². The third-order valence-electron chi connectivity index (χ3n) is 3.29. The molecule has 1 aliphatic rings. The molecule has 0 atom stereocenters. The van der Waals surface area contributed by atoms with Crippen molar-refractivity contribution in [1.29, 1.82) is 0 Å². The number of esters is 2. The average Bonchev–Trinajstić information content (AvgIpc) is 2.83. The molecule has 4 nitrogen and oxygen atoms in total. The monoisotopic (exact) mass is 262 g/mol. The Kier molecular flexibility index (Phi) is 4.20. The van der Waals surface area contributed by atoms with E-state index in [1.165, 1.54) is 26.7 Å². The summed E-state index contributed by atoms with van der Waals surface area (Å²) in [6.07, 6.45) is 4.53. The van der Waals surface area contributed by atoms with E-state index in [0.717, 1.165) is 18.4 Å². The van der Waals surface area contributed by atoms with Crippen molar-refractivity contribution < 1.29 is 19.1 Å². The highest BCUT2D eigenvalue weighted by atomic mass is 16.5. The minimum Gasteiger partial charge on any atom is -0.427 e. The Morgan fingerprint density at radius 1 is 1.05 bits per heavy atom. The quantitative estimate of drug-likeness (QED) is 0.620. The van der Waals surface area contributed by atoms with Crippen LogP contribution in [0.4, 0.5) is 0 Å². The molecule has 0 amide bonds. The molecule has 0 bridgehead atoms. The van der Waals surface area contributed by atoms with Gasteiger partial charge in [0.25, 0.3) is 0 Å². The Morgan fingerprint density at radius 2 is 1.68 bits per heavy atom. The summed E-state index contributed by atoms with van der Waals surface area (Å²) in [6, 6.07) is 5.17. The molecule has 1 aliphatic carbocycles. The highest BCUT2D eigenvalue weighted by Gasteiger charge is 2.22. The first kappa shape index (κ1) is 13.6. The van der Waals surface area contributed by atoms with Gasteiger partial charge < -0.3 is 9.47 Å². The number of rotatable bonds is 3. The number of benzene rings is 1. The van der Waals surface area contributed by atoms with Gasteiger partial charge in [0.1, 0.15) is 11.5 Å². The number of hydrogen-bond donors (Lipinski definition) is 0. The fourth-order valence-electron chi connectivity index (χ4n) is 2.56. The van der Waals surface area contributed by atoms with Crippen molar-refractivity contribution in [1.82, 2.24) is 0 Å². The molecular formula is C15H18O4. The van der Waals surface area contributed by atoms with Crippen LogP contribution in [0.1, 0.15) is 51.0 Å². The molecule has 102 valence electrons. The molecule has 0 spiro atoms. The SMILES string of the molecule is CC(=O)Oc1ccc(OC(C)=O)c(C2CCCC2)c1. The lowest BCUT2D eigenvalue weighted by atomic mass is 9.96. The van der Waals surface area contributed by atoms with Gasteiger partial charge in [-0.25, -0.2) is 0 Å². The van der Waals surface area contributed by atoms with Crippen molar-refractivity contribution >= 4 is 11.9 Å². The van der Waals surface area contributed by atoms with Crippen LogP contribution in [-0.4, -0.2) is 11.9 Å². The van der Waals surface area contributed by atoms with E-state index in [4.69, 9.17) is 9.47 Å². The minimum absolute atomic E-state index is 0.334. The molecule has 19 heavy (non-hydrogen) atoms. The second-order valence-corrected chi connectivity index (χ2v) is 4.87. The molecule has 4 heteroatoms. The number of ether oxygens (including phenoxy) is 2. The average molecular weight is 262 g/mol. The van der Waals surface area contributed by atoms with Crippen molar-refractivity contribution in [2.75, 3.05) is 0 Å². The Labute approximate surface area is 112 Å². The normalized spacial score (nSPS) is 15.3. The van der Waals surface area contributed by atoms with E-state index in [1.54, 1.807) is 12.1 Å². The zero-order valence-electron chi connectivity index (χ0n) is 11.3. The van der Waals surface area contributed by atoms with Gasteiger partial charge in [0.2, 0.25) is 0 Å². The first-order valence-electron chi connectivity index (χ1n) is 6.57. The molecule has 0 N–H and O–H groups in total. The lowest BCUT2D eigenvalue weighted by Crippen LogP contribution is -2.07. The van der Waals surface area contributed by atoms with Gasteiger partial charge in [-0.05, 0) is 37.0 Å². The summed E-state index contributed by atoms with van der Waals surface area (Å²) in [7, 11) is 0. The fourth-order valence-corrected chi connectivity index (χ4v) is 2.56. The standard InChI is InChI=1S/C15H18O4/c1-10(16)18-13-7-8-15(19-11(2)17)14(9-13)12-5-3-4-6-12/h7-9,12H,3-6H2,1-2H3. The molecule has 0 heterocycles. The van der Waals surface area contributed by atoms with E-state index in [9.17, 15) is 9.59 Å². The van der Waals surface area contributed by atoms with E-state index >= 15 is 0 Å². The molecule has 1 aromatic rings. The molecule has 1 saturated carbocycles. The fraction of sp³-hybridized carbons (Fsp3) is 0.467. The minimum atomic E-state index is -0.349. The largest absolute Gasteiger partial charge is 0.427 e. The van der Waals surface area contributed by atoms with Gasteiger partial charge in [0.05, 0.1) is 0 Å². The van der Waals surface area contributed by atoms with E-state index in [2.05, 4.69) is 0 Å². The summed E-state index contributed by atoms with van der Waals surface area (Å²) in [5.74, 6) is 0.780. The van der Waals surface area contributed by atoms with Crippen LogP contribution >= 0.6 is 0 Å². The molecule has 0 aliphatic heterocycles. The predicted molar refractivity (Wildman–Crippen MR) is 70.3 cm³/mol. The zero-order chi connectivity index (χ0) is 13.8. The molecule has 0 unspecified atom stereocenters. The zero-order valence-corrected chi connectivity index (χ0v) is 11.3. The van der Waals surface area contributed by atoms with Crippen molar-refractivity contribution in [3.05, 3.63) is 23.8 Å². The summed E-state index contributed by atoms with van der Waals surface area (Å²) in [6.45, 7) is 2.76. The van der Waals surface area contributed by atoms with Crippen LogP contribution in [0.25, 0.3) is 0 Å². The lowest BCUT2D eigenvalue weighted by Gasteiger charge is -2.15. The van der Waals surface area contributed by atoms with Gasteiger partial charge in [0.15, 0.2) is 0 Å².